The zero-order valence-electron chi connectivity index (χ0n) is 10.4. The standard InChI is InChI=1S/C12H7N3O6/c16-13(17)9-4-3-8-11(15(20)21)5-10(14(18)19)7-2-1-6(9)12(7)8/h3-5H,1-2H2. The van der Waals surface area contributed by atoms with Gasteiger partial charge in [-0.2, -0.15) is 0 Å². The van der Waals surface area contributed by atoms with Gasteiger partial charge >= 0.3 is 0 Å². The third-order valence-corrected chi connectivity index (χ3v) is 3.66. The molecule has 0 saturated heterocycles. The van der Waals surface area contributed by atoms with Crippen LogP contribution in [0.25, 0.3) is 10.8 Å². The second-order valence-electron chi connectivity index (χ2n) is 4.65. The van der Waals surface area contributed by atoms with E-state index in [-0.39, 0.29) is 35.0 Å². The highest BCUT2D eigenvalue weighted by atomic mass is 16.6. The Kier molecular flexibility index (Phi) is 2.58. The highest BCUT2D eigenvalue weighted by molar-refractivity contribution is 6.01. The molecule has 0 saturated carbocycles. The first-order valence-corrected chi connectivity index (χ1v) is 5.96. The van der Waals surface area contributed by atoms with E-state index in [9.17, 15) is 30.3 Å². The van der Waals surface area contributed by atoms with E-state index in [4.69, 9.17) is 0 Å². The highest BCUT2D eigenvalue weighted by Crippen LogP contribution is 2.44. The van der Waals surface area contributed by atoms with Gasteiger partial charge in [-0.1, -0.05) is 0 Å². The normalized spacial score (nSPS) is 12.6. The van der Waals surface area contributed by atoms with Gasteiger partial charge in [-0.3, -0.25) is 30.3 Å². The maximum Gasteiger partial charge on any atom is 0.284 e. The minimum Gasteiger partial charge on any atom is -0.258 e. The van der Waals surface area contributed by atoms with Crippen LogP contribution in [-0.2, 0) is 12.8 Å². The molecule has 1 aliphatic rings. The predicted molar refractivity (Wildman–Crippen MR) is 71.3 cm³/mol. The van der Waals surface area contributed by atoms with Gasteiger partial charge in [0, 0.05) is 22.6 Å². The van der Waals surface area contributed by atoms with Crippen LogP contribution >= 0.6 is 0 Å². The van der Waals surface area contributed by atoms with Gasteiger partial charge < -0.3 is 0 Å². The van der Waals surface area contributed by atoms with Crippen molar-refractivity contribution in [1.82, 2.24) is 0 Å². The topological polar surface area (TPSA) is 129 Å². The Bertz CT molecular complexity index is 834. The molecule has 0 aromatic heterocycles. The van der Waals surface area contributed by atoms with Crippen molar-refractivity contribution >= 4 is 27.8 Å². The van der Waals surface area contributed by atoms with E-state index in [1.165, 1.54) is 12.1 Å². The fraction of sp³-hybridized carbons (Fsp3) is 0.167. The average Bonchev–Trinajstić information content (AvgIpc) is 2.84. The number of non-ortho nitro benzene ring substituents is 1. The van der Waals surface area contributed by atoms with Gasteiger partial charge in [0.15, 0.2) is 0 Å². The lowest BCUT2D eigenvalue weighted by atomic mass is 10.0. The number of aryl methyl sites for hydroxylation is 2. The average molecular weight is 289 g/mol. The largest absolute Gasteiger partial charge is 0.284 e. The summed E-state index contributed by atoms with van der Waals surface area (Å²) < 4.78 is 0. The van der Waals surface area contributed by atoms with E-state index in [1.807, 2.05) is 0 Å². The van der Waals surface area contributed by atoms with Crippen LogP contribution < -0.4 is 0 Å². The van der Waals surface area contributed by atoms with E-state index in [1.54, 1.807) is 0 Å². The molecule has 0 N–H and O–H groups in total. The lowest BCUT2D eigenvalue weighted by Crippen LogP contribution is -1.98. The highest BCUT2D eigenvalue weighted by Gasteiger charge is 2.33. The minimum absolute atomic E-state index is 0.156. The van der Waals surface area contributed by atoms with Crippen LogP contribution in [-0.4, -0.2) is 14.8 Å². The number of rotatable bonds is 3. The molecule has 0 atom stereocenters. The lowest BCUT2D eigenvalue weighted by molar-refractivity contribution is -0.393. The Balaban J connectivity index is 2.51. The quantitative estimate of drug-likeness (QED) is 0.630. The summed E-state index contributed by atoms with van der Waals surface area (Å²) in [5, 5.41) is 33.7. The monoisotopic (exact) mass is 289 g/mol. The van der Waals surface area contributed by atoms with Crippen molar-refractivity contribution in [2.24, 2.45) is 0 Å². The van der Waals surface area contributed by atoms with Crippen molar-refractivity contribution in [2.45, 2.75) is 12.8 Å². The molecule has 0 unspecified atom stereocenters. The molecule has 9 nitrogen and oxygen atoms in total. The molecule has 0 amide bonds. The van der Waals surface area contributed by atoms with E-state index >= 15 is 0 Å². The molecule has 0 bridgehead atoms. The van der Waals surface area contributed by atoms with Crippen molar-refractivity contribution in [3.05, 3.63) is 59.7 Å². The third-order valence-electron chi connectivity index (χ3n) is 3.66. The Morgan fingerprint density at radius 2 is 1.29 bits per heavy atom. The molecule has 2 aromatic carbocycles. The third kappa shape index (κ3) is 1.71. The molecule has 0 spiro atoms. The van der Waals surface area contributed by atoms with Crippen LogP contribution in [0.3, 0.4) is 0 Å². The van der Waals surface area contributed by atoms with E-state index < -0.39 is 20.5 Å². The van der Waals surface area contributed by atoms with Gasteiger partial charge in [0.2, 0.25) is 0 Å². The van der Waals surface area contributed by atoms with Gasteiger partial charge in [-0.15, -0.1) is 0 Å². The first-order chi connectivity index (χ1) is 9.91. The molecule has 3 rings (SSSR count). The van der Waals surface area contributed by atoms with Gasteiger partial charge in [0.1, 0.15) is 0 Å². The SMILES string of the molecule is O=[N+]([O-])c1ccc2c([N+](=O)[O-])cc([N+](=O)[O-])c3c2c1CC3. The van der Waals surface area contributed by atoms with Crippen LogP contribution in [0.4, 0.5) is 17.1 Å². The van der Waals surface area contributed by atoms with Crippen molar-refractivity contribution < 1.29 is 14.8 Å². The summed E-state index contributed by atoms with van der Waals surface area (Å²) in [6.07, 6.45) is 0.538. The maximum atomic E-state index is 11.1. The molecule has 0 radical (unpaired) electrons. The van der Waals surface area contributed by atoms with Crippen molar-refractivity contribution in [3.63, 3.8) is 0 Å². The molecule has 0 fully saturated rings. The molecule has 21 heavy (non-hydrogen) atoms. The van der Waals surface area contributed by atoms with E-state index in [0.29, 0.717) is 11.1 Å². The Hall–Kier alpha value is -3.10. The molecule has 9 heteroatoms. The van der Waals surface area contributed by atoms with Gasteiger partial charge in [0.05, 0.1) is 26.2 Å². The van der Waals surface area contributed by atoms with Gasteiger partial charge in [-0.05, 0) is 18.9 Å². The molecule has 1 aliphatic carbocycles. The van der Waals surface area contributed by atoms with E-state index in [2.05, 4.69) is 0 Å². The fourth-order valence-electron chi connectivity index (χ4n) is 2.86. The lowest BCUT2D eigenvalue weighted by Gasteiger charge is -2.04. The van der Waals surface area contributed by atoms with Gasteiger partial charge in [0.25, 0.3) is 17.1 Å². The van der Waals surface area contributed by atoms with Crippen molar-refractivity contribution in [1.29, 1.82) is 0 Å². The summed E-state index contributed by atoms with van der Waals surface area (Å²) in [5.74, 6) is 0. The van der Waals surface area contributed by atoms with Crippen LogP contribution in [0.5, 0.6) is 0 Å². The summed E-state index contributed by atoms with van der Waals surface area (Å²) in [7, 11) is 0. The first-order valence-electron chi connectivity index (χ1n) is 5.96. The van der Waals surface area contributed by atoms with Crippen molar-refractivity contribution in [2.75, 3.05) is 0 Å². The Labute approximate surface area is 116 Å². The summed E-state index contributed by atoms with van der Waals surface area (Å²) in [6.45, 7) is 0. The zero-order valence-corrected chi connectivity index (χ0v) is 10.4. The second-order valence-corrected chi connectivity index (χ2v) is 4.65. The number of nitro benzene ring substituents is 3. The van der Waals surface area contributed by atoms with E-state index in [0.717, 1.165) is 6.07 Å². The summed E-state index contributed by atoms with van der Waals surface area (Å²) in [5.41, 5.74) is -0.249. The summed E-state index contributed by atoms with van der Waals surface area (Å²) >= 11 is 0. The molecule has 106 valence electrons. The maximum absolute atomic E-state index is 11.1. The number of benzene rings is 2. The van der Waals surface area contributed by atoms with Gasteiger partial charge in [-0.25, -0.2) is 0 Å². The summed E-state index contributed by atoms with van der Waals surface area (Å²) in [4.78, 5) is 31.2. The molecular formula is C12H7N3O6. The predicted octanol–water partition coefficient (Wildman–Crippen LogP) is 2.66. The fourth-order valence-corrected chi connectivity index (χ4v) is 2.86. The molecule has 0 aliphatic heterocycles. The first kappa shape index (κ1) is 12.9. The second kappa shape index (κ2) is 4.20. The number of nitrogens with zero attached hydrogens (tertiary/aromatic N) is 3. The number of nitro groups is 3. The minimum atomic E-state index is -0.708. The Morgan fingerprint density at radius 1 is 0.762 bits per heavy atom. The smallest absolute Gasteiger partial charge is 0.258 e. The van der Waals surface area contributed by atoms with Crippen LogP contribution in [0.2, 0.25) is 0 Å². The van der Waals surface area contributed by atoms with Crippen LogP contribution in [0.15, 0.2) is 18.2 Å². The molecule has 0 heterocycles. The van der Waals surface area contributed by atoms with Crippen LogP contribution in [0.1, 0.15) is 11.1 Å². The zero-order chi connectivity index (χ0) is 15.3. The number of hydrogen-bond donors (Lipinski definition) is 0. The summed E-state index contributed by atoms with van der Waals surface area (Å²) in [6, 6.07) is 3.43. The number of hydrogen-bond acceptors (Lipinski definition) is 6. The van der Waals surface area contributed by atoms with Crippen molar-refractivity contribution in [3.8, 4) is 0 Å². The molecular weight excluding hydrogens is 282 g/mol. The van der Waals surface area contributed by atoms with Crippen LogP contribution in [0, 0.1) is 30.3 Å². The molecule has 2 aromatic rings. The Morgan fingerprint density at radius 3 is 1.81 bits per heavy atom.